The van der Waals surface area contributed by atoms with Crippen molar-refractivity contribution in [2.24, 2.45) is 0 Å². The molecular formula is C12H11F2N3O. The average Bonchev–Trinajstić information content (AvgIpc) is 2.27. The SMILES string of the molecule is O=c1cc(NCCc2cc(F)cc(F)c2)nc[nH]1. The Balaban J connectivity index is 1.94. The van der Waals surface area contributed by atoms with E-state index in [4.69, 9.17) is 0 Å². The lowest BCUT2D eigenvalue weighted by Crippen LogP contribution is -2.11. The fraction of sp³-hybridized carbons (Fsp3) is 0.167. The van der Waals surface area contributed by atoms with E-state index in [1.54, 1.807) is 0 Å². The number of halogens is 2. The third kappa shape index (κ3) is 3.38. The number of rotatable bonds is 4. The van der Waals surface area contributed by atoms with Gasteiger partial charge in [0.2, 0.25) is 0 Å². The van der Waals surface area contributed by atoms with Crippen LogP contribution in [-0.4, -0.2) is 16.5 Å². The third-order valence-corrected chi connectivity index (χ3v) is 2.32. The highest BCUT2D eigenvalue weighted by Crippen LogP contribution is 2.08. The Hall–Kier alpha value is -2.24. The normalized spacial score (nSPS) is 10.3. The molecule has 0 aliphatic rings. The minimum atomic E-state index is -0.598. The van der Waals surface area contributed by atoms with Gasteiger partial charge in [0.05, 0.1) is 6.33 Å². The minimum absolute atomic E-state index is 0.260. The molecule has 0 spiro atoms. The van der Waals surface area contributed by atoms with Crippen molar-refractivity contribution in [3.8, 4) is 0 Å². The molecule has 2 N–H and O–H groups in total. The molecule has 0 radical (unpaired) electrons. The second kappa shape index (κ2) is 5.39. The van der Waals surface area contributed by atoms with Gasteiger partial charge in [0.1, 0.15) is 17.5 Å². The zero-order valence-electron chi connectivity index (χ0n) is 9.41. The molecule has 0 aliphatic heterocycles. The maximum absolute atomic E-state index is 12.9. The van der Waals surface area contributed by atoms with Crippen LogP contribution in [0.1, 0.15) is 5.56 Å². The van der Waals surface area contributed by atoms with E-state index in [0.717, 1.165) is 6.07 Å². The van der Waals surface area contributed by atoms with Crippen LogP contribution in [0.25, 0.3) is 0 Å². The lowest BCUT2D eigenvalue weighted by atomic mass is 10.1. The van der Waals surface area contributed by atoms with Crippen LogP contribution in [0.5, 0.6) is 0 Å². The molecule has 0 saturated heterocycles. The Morgan fingerprint density at radius 3 is 2.56 bits per heavy atom. The van der Waals surface area contributed by atoms with Gasteiger partial charge in [-0.15, -0.1) is 0 Å². The summed E-state index contributed by atoms with van der Waals surface area (Å²) < 4.78 is 25.8. The first-order valence-electron chi connectivity index (χ1n) is 5.37. The molecule has 0 fully saturated rings. The van der Waals surface area contributed by atoms with Crippen LogP contribution in [0.2, 0.25) is 0 Å². The minimum Gasteiger partial charge on any atom is -0.370 e. The summed E-state index contributed by atoms with van der Waals surface area (Å²) in [5.74, 6) is -0.769. The number of aromatic amines is 1. The van der Waals surface area contributed by atoms with Gasteiger partial charge in [-0.2, -0.15) is 0 Å². The first-order chi connectivity index (χ1) is 8.63. The fourth-order valence-electron chi connectivity index (χ4n) is 1.56. The van der Waals surface area contributed by atoms with Crippen LogP contribution in [-0.2, 0) is 6.42 Å². The molecule has 0 aliphatic carbocycles. The zero-order valence-corrected chi connectivity index (χ0v) is 9.41. The number of nitrogens with zero attached hydrogens (tertiary/aromatic N) is 1. The number of aromatic nitrogens is 2. The lowest BCUT2D eigenvalue weighted by molar-refractivity contribution is 0.580. The fourth-order valence-corrected chi connectivity index (χ4v) is 1.56. The van der Waals surface area contributed by atoms with E-state index in [9.17, 15) is 13.6 Å². The van der Waals surface area contributed by atoms with E-state index in [1.807, 2.05) is 0 Å². The van der Waals surface area contributed by atoms with E-state index >= 15 is 0 Å². The monoisotopic (exact) mass is 251 g/mol. The van der Waals surface area contributed by atoms with Crippen molar-refractivity contribution in [3.63, 3.8) is 0 Å². The van der Waals surface area contributed by atoms with Gasteiger partial charge in [0.15, 0.2) is 0 Å². The summed E-state index contributed by atoms with van der Waals surface area (Å²) in [6, 6.07) is 4.69. The second-order valence-corrected chi connectivity index (χ2v) is 3.75. The summed E-state index contributed by atoms with van der Waals surface area (Å²) in [5.41, 5.74) is 0.286. The van der Waals surface area contributed by atoms with Gasteiger partial charge >= 0.3 is 0 Å². The summed E-state index contributed by atoms with van der Waals surface area (Å²) in [7, 11) is 0. The van der Waals surface area contributed by atoms with Gasteiger partial charge < -0.3 is 10.3 Å². The summed E-state index contributed by atoms with van der Waals surface area (Å²) in [5, 5.41) is 2.90. The molecule has 0 saturated carbocycles. The third-order valence-electron chi connectivity index (χ3n) is 2.32. The smallest absolute Gasteiger partial charge is 0.252 e. The highest BCUT2D eigenvalue weighted by Gasteiger charge is 2.01. The molecule has 0 atom stereocenters. The molecule has 18 heavy (non-hydrogen) atoms. The first-order valence-corrected chi connectivity index (χ1v) is 5.37. The van der Waals surface area contributed by atoms with Crippen LogP contribution in [0, 0.1) is 11.6 Å². The Morgan fingerprint density at radius 2 is 1.89 bits per heavy atom. The second-order valence-electron chi connectivity index (χ2n) is 3.75. The molecule has 1 heterocycles. The quantitative estimate of drug-likeness (QED) is 0.869. The zero-order chi connectivity index (χ0) is 13.0. The van der Waals surface area contributed by atoms with Crippen molar-refractivity contribution in [3.05, 3.63) is 58.1 Å². The maximum atomic E-state index is 12.9. The molecule has 1 aromatic carbocycles. The topological polar surface area (TPSA) is 57.8 Å². The van der Waals surface area contributed by atoms with Crippen molar-refractivity contribution in [2.75, 3.05) is 11.9 Å². The van der Waals surface area contributed by atoms with Gasteiger partial charge in [-0.05, 0) is 24.1 Å². The number of nitrogens with one attached hydrogen (secondary N) is 2. The van der Waals surface area contributed by atoms with Crippen LogP contribution < -0.4 is 10.9 Å². The molecule has 0 amide bonds. The summed E-state index contributed by atoms with van der Waals surface area (Å²) >= 11 is 0. The van der Waals surface area contributed by atoms with E-state index in [0.29, 0.717) is 24.3 Å². The predicted molar refractivity (Wildman–Crippen MR) is 63.4 cm³/mol. The van der Waals surface area contributed by atoms with Crippen LogP contribution in [0.15, 0.2) is 35.4 Å². The highest BCUT2D eigenvalue weighted by atomic mass is 19.1. The standard InChI is InChI=1S/C12H11F2N3O/c13-9-3-8(4-10(14)5-9)1-2-15-11-6-12(18)17-7-16-11/h3-7H,1-2H2,(H2,15,16,17,18). The highest BCUT2D eigenvalue weighted by molar-refractivity contribution is 5.32. The summed E-state index contributed by atoms with van der Waals surface area (Å²) in [6.45, 7) is 0.430. The molecule has 94 valence electrons. The van der Waals surface area contributed by atoms with Crippen LogP contribution in [0.4, 0.5) is 14.6 Å². The number of H-pyrrole nitrogens is 1. The summed E-state index contributed by atoms with van der Waals surface area (Å²) in [4.78, 5) is 17.3. The van der Waals surface area contributed by atoms with Crippen LogP contribution >= 0.6 is 0 Å². The largest absolute Gasteiger partial charge is 0.370 e. The Bertz CT molecular complexity index is 578. The van der Waals surface area contributed by atoms with Gasteiger partial charge in [-0.1, -0.05) is 0 Å². The number of benzene rings is 1. The van der Waals surface area contributed by atoms with E-state index < -0.39 is 11.6 Å². The number of hydrogen-bond donors (Lipinski definition) is 2. The Morgan fingerprint density at radius 1 is 1.17 bits per heavy atom. The van der Waals surface area contributed by atoms with Gasteiger partial charge in [0.25, 0.3) is 5.56 Å². The molecular weight excluding hydrogens is 240 g/mol. The van der Waals surface area contributed by atoms with E-state index in [-0.39, 0.29) is 5.56 Å². The van der Waals surface area contributed by atoms with E-state index in [1.165, 1.54) is 24.5 Å². The van der Waals surface area contributed by atoms with Crippen molar-refractivity contribution < 1.29 is 8.78 Å². The molecule has 0 unspecified atom stereocenters. The Kier molecular flexibility index (Phi) is 3.66. The van der Waals surface area contributed by atoms with Crippen molar-refractivity contribution >= 4 is 5.82 Å². The van der Waals surface area contributed by atoms with E-state index in [2.05, 4.69) is 15.3 Å². The summed E-state index contributed by atoms with van der Waals surface area (Å²) in [6.07, 6.45) is 1.72. The lowest BCUT2D eigenvalue weighted by Gasteiger charge is -2.05. The molecule has 0 bridgehead atoms. The predicted octanol–water partition coefficient (Wildman–Crippen LogP) is 1.70. The maximum Gasteiger partial charge on any atom is 0.252 e. The van der Waals surface area contributed by atoms with Gasteiger partial charge in [-0.3, -0.25) is 4.79 Å². The van der Waals surface area contributed by atoms with Gasteiger partial charge in [0, 0.05) is 18.7 Å². The number of anilines is 1. The van der Waals surface area contributed by atoms with Crippen molar-refractivity contribution in [1.82, 2.24) is 9.97 Å². The number of hydrogen-bond acceptors (Lipinski definition) is 3. The average molecular weight is 251 g/mol. The molecule has 2 rings (SSSR count). The molecule has 2 aromatic rings. The molecule has 4 nitrogen and oxygen atoms in total. The van der Waals surface area contributed by atoms with Crippen molar-refractivity contribution in [2.45, 2.75) is 6.42 Å². The molecule has 6 heteroatoms. The van der Waals surface area contributed by atoms with Crippen LogP contribution in [0.3, 0.4) is 0 Å². The Labute approximate surface area is 102 Å². The molecule has 1 aromatic heterocycles. The van der Waals surface area contributed by atoms with Gasteiger partial charge in [-0.25, -0.2) is 13.8 Å². The van der Waals surface area contributed by atoms with Crippen molar-refractivity contribution in [1.29, 1.82) is 0 Å². The first kappa shape index (κ1) is 12.2.